The fraction of sp³-hybridized carbons (Fsp3) is 0.500. The van der Waals surface area contributed by atoms with E-state index in [1.54, 1.807) is 19.2 Å². The van der Waals surface area contributed by atoms with Gasteiger partial charge in [0.15, 0.2) is 0 Å². The predicted molar refractivity (Wildman–Crippen MR) is 75.1 cm³/mol. The minimum absolute atomic E-state index is 0.0710. The van der Waals surface area contributed by atoms with Gasteiger partial charge in [0.2, 0.25) is 0 Å². The third-order valence-corrected chi connectivity index (χ3v) is 3.71. The van der Waals surface area contributed by atoms with Gasteiger partial charge in [-0.3, -0.25) is 4.79 Å². The maximum Gasteiger partial charge on any atom is 0.311 e. The molecule has 1 unspecified atom stereocenters. The van der Waals surface area contributed by atoms with Crippen molar-refractivity contribution >= 4 is 11.7 Å². The molecule has 5 heteroatoms. The fourth-order valence-corrected chi connectivity index (χ4v) is 2.18. The zero-order chi connectivity index (χ0) is 14.6. The molecule has 0 heterocycles. The Kier molecular flexibility index (Phi) is 4.78. The average Bonchev–Trinajstić information content (AvgIpc) is 2.35. The van der Waals surface area contributed by atoms with Gasteiger partial charge in [0.25, 0.3) is 0 Å². The first-order chi connectivity index (χ1) is 8.87. The SMILES string of the molecule is COc1ccc(CC(CN)(C(=O)O)C(C)C)cc1N. The molecule has 0 aliphatic heterocycles. The van der Waals surface area contributed by atoms with Gasteiger partial charge in [-0.1, -0.05) is 19.9 Å². The van der Waals surface area contributed by atoms with Gasteiger partial charge in [0, 0.05) is 6.54 Å². The Labute approximate surface area is 113 Å². The summed E-state index contributed by atoms with van der Waals surface area (Å²) in [5.41, 5.74) is 11.9. The summed E-state index contributed by atoms with van der Waals surface area (Å²) >= 11 is 0. The molecule has 0 aliphatic rings. The second kappa shape index (κ2) is 5.93. The smallest absolute Gasteiger partial charge is 0.311 e. The van der Waals surface area contributed by atoms with E-state index in [1.165, 1.54) is 0 Å². The monoisotopic (exact) mass is 266 g/mol. The van der Waals surface area contributed by atoms with E-state index < -0.39 is 11.4 Å². The molecule has 0 fully saturated rings. The molecule has 1 aromatic carbocycles. The van der Waals surface area contributed by atoms with Gasteiger partial charge in [-0.05, 0) is 30.0 Å². The topological polar surface area (TPSA) is 98.6 Å². The average molecular weight is 266 g/mol. The first-order valence-electron chi connectivity index (χ1n) is 6.23. The van der Waals surface area contributed by atoms with E-state index in [1.807, 2.05) is 19.9 Å². The lowest BCUT2D eigenvalue weighted by Gasteiger charge is -2.32. The minimum Gasteiger partial charge on any atom is -0.495 e. The number of nitrogen functional groups attached to an aromatic ring is 1. The standard InChI is InChI=1S/C14H22N2O3/c1-9(2)14(8-15,13(17)18)7-10-4-5-12(19-3)11(16)6-10/h4-6,9H,7-8,15-16H2,1-3H3,(H,17,18). The molecule has 0 spiro atoms. The number of carboxylic acids is 1. The number of anilines is 1. The van der Waals surface area contributed by atoms with Gasteiger partial charge in [-0.15, -0.1) is 0 Å². The van der Waals surface area contributed by atoms with E-state index in [-0.39, 0.29) is 12.5 Å². The van der Waals surface area contributed by atoms with Crippen LogP contribution < -0.4 is 16.2 Å². The Morgan fingerprint density at radius 3 is 2.47 bits per heavy atom. The highest BCUT2D eigenvalue weighted by Gasteiger charge is 2.40. The summed E-state index contributed by atoms with van der Waals surface area (Å²) < 4.78 is 5.09. The first kappa shape index (κ1) is 15.3. The van der Waals surface area contributed by atoms with Crippen molar-refractivity contribution in [3.05, 3.63) is 23.8 Å². The molecule has 5 nitrogen and oxygen atoms in total. The van der Waals surface area contributed by atoms with E-state index >= 15 is 0 Å². The molecule has 0 radical (unpaired) electrons. The zero-order valence-corrected chi connectivity index (χ0v) is 11.6. The maximum atomic E-state index is 11.6. The van der Waals surface area contributed by atoms with Crippen LogP contribution in [0.2, 0.25) is 0 Å². The van der Waals surface area contributed by atoms with Crippen molar-refractivity contribution in [2.75, 3.05) is 19.4 Å². The second-order valence-corrected chi connectivity index (χ2v) is 5.07. The first-order valence-corrected chi connectivity index (χ1v) is 6.23. The van der Waals surface area contributed by atoms with Crippen LogP contribution in [-0.4, -0.2) is 24.7 Å². The largest absolute Gasteiger partial charge is 0.495 e. The number of carboxylic acid groups (broad SMARTS) is 1. The van der Waals surface area contributed by atoms with Crippen LogP contribution in [0.1, 0.15) is 19.4 Å². The Balaban J connectivity index is 3.10. The second-order valence-electron chi connectivity index (χ2n) is 5.07. The van der Waals surface area contributed by atoms with Crippen LogP contribution in [0.3, 0.4) is 0 Å². The van der Waals surface area contributed by atoms with Crippen LogP contribution in [0.15, 0.2) is 18.2 Å². The molecule has 1 atom stereocenters. The van der Waals surface area contributed by atoms with Crippen LogP contribution in [0.4, 0.5) is 5.69 Å². The normalized spacial score (nSPS) is 14.2. The van der Waals surface area contributed by atoms with Crippen LogP contribution in [-0.2, 0) is 11.2 Å². The molecule has 1 aromatic rings. The highest BCUT2D eigenvalue weighted by molar-refractivity contribution is 5.76. The van der Waals surface area contributed by atoms with Crippen molar-refractivity contribution in [2.24, 2.45) is 17.1 Å². The summed E-state index contributed by atoms with van der Waals surface area (Å²) in [5, 5.41) is 9.49. The number of hydrogen-bond acceptors (Lipinski definition) is 4. The van der Waals surface area contributed by atoms with Crippen molar-refractivity contribution in [3.63, 3.8) is 0 Å². The molecule has 0 aliphatic carbocycles. The van der Waals surface area contributed by atoms with E-state index in [9.17, 15) is 9.90 Å². The van der Waals surface area contributed by atoms with Crippen LogP contribution in [0.5, 0.6) is 5.75 Å². The van der Waals surface area contributed by atoms with Gasteiger partial charge in [-0.25, -0.2) is 0 Å². The van der Waals surface area contributed by atoms with Gasteiger partial charge in [0.05, 0.1) is 18.2 Å². The highest BCUT2D eigenvalue weighted by Crippen LogP contribution is 2.33. The van der Waals surface area contributed by atoms with Gasteiger partial charge < -0.3 is 21.3 Å². The molecule has 106 valence electrons. The number of benzene rings is 1. The third-order valence-electron chi connectivity index (χ3n) is 3.71. The molecule has 0 aromatic heterocycles. The molecule has 19 heavy (non-hydrogen) atoms. The highest BCUT2D eigenvalue weighted by atomic mass is 16.5. The Morgan fingerprint density at radius 2 is 2.11 bits per heavy atom. The summed E-state index contributed by atoms with van der Waals surface area (Å²) in [5.74, 6) is -0.361. The lowest BCUT2D eigenvalue weighted by atomic mass is 9.72. The summed E-state index contributed by atoms with van der Waals surface area (Å²) in [7, 11) is 1.54. The van der Waals surface area contributed by atoms with Crippen molar-refractivity contribution in [2.45, 2.75) is 20.3 Å². The Hall–Kier alpha value is -1.75. The van der Waals surface area contributed by atoms with Crippen LogP contribution >= 0.6 is 0 Å². The molecule has 0 saturated carbocycles. The number of hydrogen-bond donors (Lipinski definition) is 3. The van der Waals surface area contributed by atoms with Gasteiger partial charge in [0.1, 0.15) is 5.75 Å². The Morgan fingerprint density at radius 1 is 1.47 bits per heavy atom. The lowest BCUT2D eigenvalue weighted by molar-refractivity contribution is -0.151. The molecular weight excluding hydrogens is 244 g/mol. The number of aliphatic carboxylic acids is 1. The maximum absolute atomic E-state index is 11.6. The lowest BCUT2D eigenvalue weighted by Crippen LogP contribution is -2.45. The van der Waals surface area contributed by atoms with Gasteiger partial charge in [-0.2, -0.15) is 0 Å². The van der Waals surface area contributed by atoms with Gasteiger partial charge >= 0.3 is 5.97 Å². The minimum atomic E-state index is -0.971. The molecule has 0 amide bonds. The third kappa shape index (κ3) is 2.98. The van der Waals surface area contributed by atoms with E-state index in [4.69, 9.17) is 16.2 Å². The number of nitrogens with two attached hydrogens (primary N) is 2. The van der Waals surface area contributed by atoms with Crippen molar-refractivity contribution in [1.82, 2.24) is 0 Å². The van der Waals surface area contributed by atoms with E-state index in [0.29, 0.717) is 17.9 Å². The van der Waals surface area contributed by atoms with Crippen molar-refractivity contribution < 1.29 is 14.6 Å². The van der Waals surface area contributed by atoms with E-state index in [0.717, 1.165) is 5.56 Å². The molecular formula is C14H22N2O3. The number of carbonyl (C=O) groups is 1. The quantitative estimate of drug-likeness (QED) is 0.678. The van der Waals surface area contributed by atoms with Crippen LogP contribution in [0.25, 0.3) is 0 Å². The molecule has 1 rings (SSSR count). The molecule has 0 saturated heterocycles. The summed E-state index contributed by atoms with van der Waals surface area (Å²) in [6.07, 6.45) is 0.352. The molecule has 0 bridgehead atoms. The Bertz CT molecular complexity index is 460. The number of rotatable bonds is 6. The number of ether oxygens (including phenoxy) is 1. The fourth-order valence-electron chi connectivity index (χ4n) is 2.18. The zero-order valence-electron chi connectivity index (χ0n) is 11.6. The summed E-state index contributed by atoms with van der Waals surface area (Å²) in [6, 6.07) is 5.31. The van der Waals surface area contributed by atoms with Crippen LogP contribution in [0, 0.1) is 11.3 Å². The number of methoxy groups -OCH3 is 1. The summed E-state index contributed by atoms with van der Waals surface area (Å²) in [6.45, 7) is 3.83. The predicted octanol–water partition coefficient (Wildman–Crippen LogP) is 1.51. The summed E-state index contributed by atoms with van der Waals surface area (Å²) in [4.78, 5) is 11.6. The van der Waals surface area contributed by atoms with E-state index in [2.05, 4.69) is 0 Å². The van der Waals surface area contributed by atoms with Crippen molar-refractivity contribution in [3.8, 4) is 5.75 Å². The van der Waals surface area contributed by atoms with Crippen molar-refractivity contribution in [1.29, 1.82) is 0 Å². The molecule has 5 N–H and O–H groups in total.